The molecule has 1 N–H and O–H groups in total. The molecule has 0 aromatic heterocycles. The Morgan fingerprint density at radius 1 is 1.00 bits per heavy atom. The summed E-state index contributed by atoms with van der Waals surface area (Å²) in [5.74, 6) is -0.392. The molecule has 0 saturated carbocycles. The van der Waals surface area contributed by atoms with Crippen LogP contribution in [0, 0.1) is 11.3 Å². The van der Waals surface area contributed by atoms with Crippen molar-refractivity contribution in [2.45, 2.75) is 6.92 Å². The van der Waals surface area contributed by atoms with Gasteiger partial charge in [-0.05, 0) is 19.1 Å². The zero-order valence-electron chi connectivity index (χ0n) is 11.4. The normalized spacial score (nSPS) is 12.4. The van der Waals surface area contributed by atoms with Crippen LogP contribution in [0.3, 0.4) is 0 Å². The molecule has 0 bridgehead atoms. The molecule has 1 aliphatic rings. The van der Waals surface area contributed by atoms with E-state index in [-0.39, 0.29) is 11.6 Å². The first-order chi connectivity index (χ1) is 10.2. The van der Waals surface area contributed by atoms with Gasteiger partial charge in [0.25, 0.3) is 0 Å². The van der Waals surface area contributed by atoms with Gasteiger partial charge in [-0.3, -0.25) is 9.59 Å². The summed E-state index contributed by atoms with van der Waals surface area (Å²) < 4.78 is 0. The molecule has 0 radical (unpaired) electrons. The summed E-state index contributed by atoms with van der Waals surface area (Å²) in [6.07, 6.45) is 0. The Bertz CT molecular complexity index is 816. The molecule has 0 atom stereocenters. The summed E-state index contributed by atoms with van der Waals surface area (Å²) >= 11 is 0. The Balaban J connectivity index is 2.33. The fourth-order valence-corrected chi connectivity index (χ4v) is 2.64. The van der Waals surface area contributed by atoms with E-state index in [1.54, 1.807) is 36.4 Å². The minimum absolute atomic E-state index is 0.177. The van der Waals surface area contributed by atoms with E-state index in [1.165, 1.54) is 0 Å². The number of nitrogens with zero attached hydrogens (tertiary/aromatic N) is 1. The largest absolute Gasteiger partial charge is 0.384 e. The topological polar surface area (TPSA) is 70.0 Å². The first kappa shape index (κ1) is 13.1. The second-order valence-electron chi connectivity index (χ2n) is 4.76. The number of anilines is 1. The van der Waals surface area contributed by atoms with Gasteiger partial charge in [-0.25, -0.2) is 0 Å². The van der Waals surface area contributed by atoms with Gasteiger partial charge in [0, 0.05) is 23.2 Å². The van der Waals surface area contributed by atoms with Gasteiger partial charge in [0.05, 0.1) is 16.8 Å². The maximum Gasteiger partial charge on any atom is 0.196 e. The maximum atomic E-state index is 12.7. The van der Waals surface area contributed by atoms with Gasteiger partial charge in [0.1, 0.15) is 6.07 Å². The molecular formula is C17H12N2O2. The van der Waals surface area contributed by atoms with Crippen LogP contribution >= 0.6 is 0 Å². The molecule has 2 aromatic rings. The molecule has 0 amide bonds. The van der Waals surface area contributed by atoms with Gasteiger partial charge in [-0.1, -0.05) is 24.3 Å². The van der Waals surface area contributed by atoms with Gasteiger partial charge in [0.15, 0.2) is 11.6 Å². The Morgan fingerprint density at radius 3 is 2.29 bits per heavy atom. The number of carbonyl (C=O) groups excluding carboxylic acids is 2. The highest BCUT2D eigenvalue weighted by Gasteiger charge is 2.32. The molecule has 0 spiro atoms. The molecule has 102 valence electrons. The Labute approximate surface area is 122 Å². The second-order valence-corrected chi connectivity index (χ2v) is 4.76. The number of carbonyl (C=O) groups is 2. The maximum absolute atomic E-state index is 12.7. The highest BCUT2D eigenvalue weighted by atomic mass is 16.1. The van der Waals surface area contributed by atoms with Crippen LogP contribution in [-0.2, 0) is 0 Å². The highest BCUT2D eigenvalue weighted by molar-refractivity contribution is 6.30. The van der Waals surface area contributed by atoms with Crippen molar-refractivity contribution >= 4 is 17.3 Å². The van der Waals surface area contributed by atoms with Crippen LogP contribution in [-0.4, -0.2) is 18.1 Å². The molecular weight excluding hydrogens is 264 g/mol. The second kappa shape index (κ2) is 4.88. The van der Waals surface area contributed by atoms with Crippen molar-refractivity contribution in [3.63, 3.8) is 0 Å². The first-order valence-electron chi connectivity index (χ1n) is 6.68. The molecule has 4 nitrogen and oxygen atoms in total. The number of benzene rings is 2. The van der Waals surface area contributed by atoms with Crippen LogP contribution in [0.15, 0.2) is 36.4 Å². The van der Waals surface area contributed by atoms with Crippen LogP contribution in [0.2, 0.25) is 0 Å². The van der Waals surface area contributed by atoms with E-state index in [0.717, 1.165) is 0 Å². The number of nitriles is 1. The number of fused-ring (bicyclic) bond motifs is 2. The summed E-state index contributed by atoms with van der Waals surface area (Å²) in [6, 6.07) is 12.0. The zero-order chi connectivity index (χ0) is 15.0. The molecule has 2 aromatic carbocycles. The van der Waals surface area contributed by atoms with E-state index >= 15 is 0 Å². The lowest BCUT2D eigenvalue weighted by molar-refractivity contribution is 0.0979. The zero-order valence-corrected chi connectivity index (χ0v) is 11.4. The molecule has 0 aliphatic heterocycles. The molecule has 0 unspecified atom stereocenters. The minimum atomic E-state index is -0.215. The predicted molar refractivity (Wildman–Crippen MR) is 78.6 cm³/mol. The minimum Gasteiger partial charge on any atom is -0.384 e. The number of hydrogen-bond acceptors (Lipinski definition) is 4. The van der Waals surface area contributed by atoms with Crippen molar-refractivity contribution in [2.24, 2.45) is 0 Å². The molecule has 0 saturated heterocycles. The fourth-order valence-electron chi connectivity index (χ4n) is 2.64. The Hall–Kier alpha value is -2.93. The summed E-state index contributed by atoms with van der Waals surface area (Å²) in [5.41, 5.74) is 2.29. The Morgan fingerprint density at radius 2 is 1.67 bits per heavy atom. The summed E-state index contributed by atoms with van der Waals surface area (Å²) in [6.45, 7) is 2.44. The lowest BCUT2D eigenvalue weighted by Gasteiger charge is -2.21. The molecule has 0 heterocycles. The fraction of sp³-hybridized carbons (Fsp3) is 0.118. The number of ketones is 2. The summed E-state index contributed by atoms with van der Waals surface area (Å²) in [5, 5.41) is 12.2. The lowest BCUT2D eigenvalue weighted by Crippen LogP contribution is -2.23. The van der Waals surface area contributed by atoms with Crippen molar-refractivity contribution in [2.75, 3.05) is 11.9 Å². The molecule has 1 aliphatic carbocycles. The van der Waals surface area contributed by atoms with E-state index in [9.17, 15) is 14.9 Å². The number of hydrogen-bond donors (Lipinski definition) is 1. The van der Waals surface area contributed by atoms with Gasteiger partial charge in [-0.15, -0.1) is 0 Å². The van der Waals surface area contributed by atoms with Crippen LogP contribution in [0.25, 0.3) is 0 Å². The molecule has 4 heteroatoms. The van der Waals surface area contributed by atoms with E-state index in [1.807, 2.05) is 6.92 Å². The van der Waals surface area contributed by atoms with Gasteiger partial charge in [0.2, 0.25) is 0 Å². The standard InChI is InChI=1S/C17H12N2O2/c1-2-19-15-10(9-18)7-8-13-14(15)17(21)12-6-4-3-5-11(12)16(13)20/h3-8,19H,2H2,1H3. The average Bonchev–Trinajstić information content (AvgIpc) is 2.52. The van der Waals surface area contributed by atoms with Gasteiger partial charge < -0.3 is 5.32 Å². The van der Waals surface area contributed by atoms with E-state index in [4.69, 9.17) is 0 Å². The quantitative estimate of drug-likeness (QED) is 0.781. The first-order valence-corrected chi connectivity index (χ1v) is 6.68. The average molecular weight is 276 g/mol. The van der Waals surface area contributed by atoms with Gasteiger partial charge >= 0.3 is 0 Å². The molecule has 21 heavy (non-hydrogen) atoms. The third-order valence-corrected chi connectivity index (χ3v) is 3.57. The van der Waals surface area contributed by atoms with Crippen molar-refractivity contribution in [1.82, 2.24) is 0 Å². The highest BCUT2D eigenvalue weighted by Crippen LogP contribution is 2.33. The number of rotatable bonds is 2. The van der Waals surface area contributed by atoms with E-state index in [0.29, 0.717) is 40.0 Å². The van der Waals surface area contributed by atoms with Crippen LogP contribution < -0.4 is 5.32 Å². The van der Waals surface area contributed by atoms with E-state index < -0.39 is 0 Å². The van der Waals surface area contributed by atoms with Crippen molar-refractivity contribution < 1.29 is 9.59 Å². The smallest absolute Gasteiger partial charge is 0.196 e. The van der Waals surface area contributed by atoms with Crippen molar-refractivity contribution in [3.05, 3.63) is 64.2 Å². The van der Waals surface area contributed by atoms with E-state index in [2.05, 4.69) is 11.4 Å². The predicted octanol–water partition coefficient (Wildman–Crippen LogP) is 2.77. The molecule has 0 fully saturated rings. The number of nitrogens with one attached hydrogen (secondary N) is 1. The van der Waals surface area contributed by atoms with Crippen molar-refractivity contribution in [1.29, 1.82) is 5.26 Å². The monoisotopic (exact) mass is 276 g/mol. The third-order valence-electron chi connectivity index (χ3n) is 3.57. The van der Waals surface area contributed by atoms with Crippen LogP contribution in [0.4, 0.5) is 5.69 Å². The van der Waals surface area contributed by atoms with Crippen LogP contribution in [0.5, 0.6) is 0 Å². The van der Waals surface area contributed by atoms with Crippen LogP contribution in [0.1, 0.15) is 44.3 Å². The Kier molecular flexibility index (Phi) is 3.03. The SMILES string of the molecule is CCNc1c(C#N)ccc2c1C(=O)c1ccccc1C2=O. The van der Waals surface area contributed by atoms with Crippen molar-refractivity contribution in [3.8, 4) is 6.07 Å². The van der Waals surface area contributed by atoms with Gasteiger partial charge in [-0.2, -0.15) is 5.26 Å². The summed E-state index contributed by atoms with van der Waals surface area (Å²) in [4.78, 5) is 25.3. The summed E-state index contributed by atoms with van der Waals surface area (Å²) in [7, 11) is 0. The molecule has 3 rings (SSSR count). The lowest BCUT2D eigenvalue weighted by atomic mass is 9.82. The third kappa shape index (κ3) is 1.83.